The maximum Gasteiger partial charge on any atom is 0.141 e. The number of hydrogen-bond acceptors (Lipinski definition) is 2. The summed E-state index contributed by atoms with van der Waals surface area (Å²) in [6.07, 6.45) is 4.86. The second kappa shape index (κ2) is 5.09. The predicted octanol–water partition coefficient (Wildman–Crippen LogP) is 4.40. The van der Waals surface area contributed by atoms with Crippen molar-refractivity contribution >= 4 is 17.5 Å². The molecule has 2 saturated carbocycles. The van der Waals surface area contributed by atoms with E-state index in [0.29, 0.717) is 28.1 Å². The van der Waals surface area contributed by atoms with E-state index in [4.69, 9.17) is 0 Å². The molecule has 2 aliphatic carbocycles. The van der Waals surface area contributed by atoms with Crippen molar-refractivity contribution in [2.45, 2.75) is 63.9 Å². The summed E-state index contributed by atoms with van der Waals surface area (Å²) >= 11 is 2.19. The molecule has 0 radical (unpaired) electrons. The molecule has 0 aromatic rings. The zero-order chi connectivity index (χ0) is 13.7. The monoisotopic (exact) mass is 280 g/mol. The van der Waals surface area contributed by atoms with Crippen molar-refractivity contribution < 1.29 is 4.79 Å². The van der Waals surface area contributed by atoms with E-state index >= 15 is 0 Å². The first-order chi connectivity index (χ1) is 8.97. The van der Waals surface area contributed by atoms with Crippen LogP contribution in [0.3, 0.4) is 0 Å². The van der Waals surface area contributed by atoms with Gasteiger partial charge in [0.05, 0.1) is 0 Å². The van der Waals surface area contributed by atoms with Crippen molar-refractivity contribution in [2.75, 3.05) is 0 Å². The Kier molecular flexibility index (Phi) is 3.75. The number of rotatable bonds is 0. The summed E-state index contributed by atoms with van der Waals surface area (Å²) in [4.78, 5) is 12.9. The maximum absolute atomic E-state index is 12.9. The largest absolute Gasteiger partial charge is 0.299 e. The van der Waals surface area contributed by atoms with Crippen LogP contribution in [0.4, 0.5) is 0 Å². The molecule has 1 aliphatic heterocycles. The Bertz CT molecular complexity index is 334. The van der Waals surface area contributed by atoms with E-state index in [-0.39, 0.29) is 0 Å². The number of Topliss-reactive ketones (excluding diaryl/α,β-unsaturated/α-hetero) is 1. The number of carbonyl (C=O) groups is 1. The molecule has 19 heavy (non-hydrogen) atoms. The van der Waals surface area contributed by atoms with Crippen molar-refractivity contribution in [3.05, 3.63) is 0 Å². The lowest BCUT2D eigenvalue weighted by atomic mass is 9.67. The summed E-state index contributed by atoms with van der Waals surface area (Å²) < 4.78 is 0. The Morgan fingerprint density at radius 2 is 1.11 bits per heavy atom. The van der Waals surface area contributed by atoms with E-state index < -0.39 is 0 Å². The highest BCUT2D eigenvalue weighted by molar-refractivity contribution is 8.00. The molecule has 0 aromatic carbocycles. The van der Waals surface area contributed by atoms with Crippen molar-refractivity contribution in [3.63, 3.8) is 0 Å². The van der Waals surface area contributed by atoms with Crippen LogP contribution in [0.1, 0.15) is 53.4 Å². The van der Waals surface area contributed by atoms with Gasteiger partial charge in [-0.15, -0.1) is 0 Å². The summed E-state index contributed by atoms with van der Waals surface area (Å²) in [6, 6.07) is 0. The van der Waals surface area contributed by atoms with E-state index in [1.165, 1.54) is 12.8 Å². The molecule has 3 fully saturated rings. The molecule has 108 valence electrons. The van der Waals surface area contributed by atoms with E-state index in [9.17, 15) is 4.79 Å². The van der Waals surface area contributed by atoms with Crippen molar-refractivity contribution in [1.29, 1.82) is 0 Å². The van der Waals surface area contributed by atoms with Gasteiger partial charge in [-0.2, -0.15) is 11.8 Å². The Hall–Kier alpha value is 0.0200. The smallest absolute Gasteiger partial charge is 0.141 e. The number of hydrogen-bond donors (Lipinski definition) is 0. The summed E-state index contributed by atoms with van der Waals surface area (Å²) in [5.74, 6) is 4.50. The Balaban J connectivity index is 1.79. The van der Waals surface area contributed by atoms with Crippen LogP contribution in [-0.2, 0) is 4.79 Å². The normalized spacial score (nSPS) is 54.4. The SMILES string of the molecule is CC1CC2SC3CC(C)C(C)CC3C(=O)C2CC1C. The second-order valence-electron chi connectivity index (χ2n) is 7.68. The highest BCUT2D eigenvalue weighted by Crippen LogP contribution is 2.52. The zero-order valence-electron chi connectivity index (χ0n) is 12.8. The molecule has 0 aromatic heterocycles. The van der Waals surface area contributed by atoms with Crippen LogP contribution in [0.15, 0.2) is 0 Å². The summed E-state index contributed by atoms with van der Waals surface area (Å²) in [6.45, 7) is 9.44. The van der Waals surface area contributed by atoms with Gasteiger partial charge in [0, 0.05) is 22.3 Å². The van der Waals surface area contributed by atoms with Crippen LogP contribution in [0.25, 0.3) is 0 Å². The zero-order valence-corrected chi connectivity index (χ0v) is 13.6. The van der Waals surface area contributed by atoms with Gasteiger partial charge in [0.1, 0.15) is 5.78 Å². The second-order valence-corrected chi connectivity index (χ2v) is 9.16. The first-order valence-corrected chi connectivity index (χ1v) is 9.10. The molecule has 3 aliphatic rings. The number of ketones is 1. The molecule has 0 amide bonds. The van der Waals surface area contributed by atoms with Gasteiger partial charge in [0.25, 0.3) is 0 Å². The fraction of sp³-hybridized carbons (Fsp3) is 0.941. The third-order valence-corrected chi connectivity index (χ3v) is 8.12. The van der Waals surface area contributed by atoms with Crippen LogP contribution >= 0.6 is 11.8 Å². The standard InChI is InChI=1S/C17H28OS/c1-9-5-13-15(7-11(9)3)19-16-8-12(4)10(2)6-14(16)17(13)18/h9-16H,5-8H2,1-4H3. The molecule has 1 nitrogen and oxygen atoms in total. The minimum atomic E-state index is 0.387. The van der Waals surface area contributed by atoms with Gasteiger partial charge in [-0.25, -0.2) is 0 Å². The van der Waals surface area contributed by atoms with Crippen LogP contribution in [0, 0.1) is 35.5 Å². The summed E-state index contributed by atoms with van der Waals surface area (Å²) in [7, 11) is 0. The van der Waals surface area contributed by atoms with Crippen molar-refractivity contribution in [3.8, 4) is 0 Å². The maximum atomic E-state index is 12.9. The van der Waals surface area contributed by atoms with Gasteiger partial charge in [0.15, 0.2) is 0 Å². The van der Waals surface area contributed by atoms with E-state index in [0.717, 1.165) is 36.5 Å². The molecule has 0 spiro atoms. The molecule has 0 N–H and O–H groups in total. The van der Waals surface area contributed by atoms with Gasteiger partial charge in [-0.3, -0.25) is 4.79 Å². The van der Waals surface area contributed by atoms with Gasteiger partial charge < -0.3 is 0 Å². The Morgan fingerprint density at radius 1 is 0.737 bits per heavy atom. The summed E-state index contributed by atoms with van der Waals surface area (Å²) in [5, 5.41) is 1.28. The molecule has 8 unspecified atom stereocenters. The number of carbonyl (C=O) groups excluding carboxylic acids is 1. The minimum absolute atomic E-state index is 0.387. The molecule has 0 bridgehead atoms. The van der Waals surface area contributed by atoms with Crippen LogP contribution in [-0.4, -0.2) is 16.3 Å². The predicted molar refractivity (Wildman–Crippen MR) is 82.3 cm³/mol. The highest BCUT2D eigenvalue weighted by atomic mass is 32.2. The first-order valence-electron chi connectivity index (χ1n) is 8.16. The quantitative estimate of drug-likeness (QED) is 0.654. The van der Waals surface area contributed by atoms with Crippen LogP contribution in [0.2, 0.25) is 0 Å². The molecule has 1 heterocycles. The van der Waals surface area contributed by atoms with Crippen molar-refractivity contribution in [2.24, 2.45) is 35.5 Å². The van der Waals surface area contributed by atoms with E-state index in [2.05, 4.69) is 39.5 Å². The highest BCUT2D eigenvalue weighted by Gasteiger charge is 2.49. The van der Waals surface area contributed by atoms with Gasteiger partial charge in [-0.1, -0.05) is 27.7 Å². The number of fused-ring (bicyclic) bond motifs is 2. The third kappa shape index (κ3) is 2.39. The van der Waals surface area contributed by atoms with Gasteiger partial charge in [-0.05, 0) is 49.4 Å². The molecule has 3 rings (SSSR count). The number of thioether (sulfide) groups is 1. The fourth-order valence-electron chi connectivity index (χ4n) is 4.49. The van der Waals surface area contributed by atoms with E-state index in [1.807, 2.05) is 0 Å². The Morgan fingerprint density at radius 3 is 1.53 bits per heavy atom. The average Bonchev–Trinajstić information content (AvgIpc) is 2.35. The lowest BCUT2D eigenvalue weighted by molar-refractivity contribution is -0.130. The molecular formula is C17H28OS. The fourth-order valence-corrected chi connectivity index (χ4v) is 6.64. The van der Waals surface area contributed by atoms with Gasteiger partial charge in [0.2, 0.25) is 0 Å². The Labute approximate surface area is 122 Å². The first kappa shape index (κ1) is 14.0. The lowest BCUT2D eigenvalue weighted by Gasteiger charge is -2.49. The molecule has 8 atom stereocenters. The van der Waals surface area contributed by atoms with Crippen molar-refractivity contribution in [1.82, 2.24) is 0 Å². The van der Waals surface area contributed by atoms with Crippen LogP contribution < -0.4 is 0 Å². The van der Waals surface area contributed by atoms with Crippen LogP contribution in [0.5, 0.6) is 0 Å². The topological polar surface area (TPSA) is 17.1 Å². The summed E-state index contributed by atoms with van der Waals surface area (Å²) in [5.41, 5.74) is 0. The lowest BCUT2D eigenvalue weighted by Crippen LogP contribution is -2.49. The molecule has 2 heteroatoms. The average molecular weight is 280 g/mol. The third-order valence-electron chi connectivity index (χ3n) is 6.38. The molecular weight excluding hydrogens is 252 g/mol. The minimum Gasteiger partial charge on any atom is -0.299 e. The molecule has 1 saturated heterocycles. The van der Waals surface area contributed by atoms with E-state index in [1.54, 1.807) is 0 Å². The van der Waals surface area contributed by atoms with Gasteiger partial charge >= 0.3 is 0 Å².